The number of nitrogens with one attached hydrogen (secondary N) is 1. The zero-order chi connectivity index (χ0) is 21.8. The molecule has 0 saturated carbocycles. The van der Waals surface area contributed by atoms with Gasteiger partial charge in [0, 0.05) is 48.7 Å². The van der Waals surface area contributed by atoms with E-state index in [0.29, 0.717) is 17.7 Å². The van der Waals surface area contributed by atoms with Gasteiger partial charge >= 0.3 is 0 Å². The monoisotopic (exact) mass is 430 g/mol. The van der Waals surface area contributed by atoms with E-state index in [4.69, 9.17) is 5.73 Å². The highest BCUT2D eigenvalue weighted by Gasteiger charge is 2.43. The molecule has 32 heavy (non-hydrogen) atoms. The molecule has 2 aliphatic heterocycles. The molecule has 2 saturated heterocycles. The van der Waals surface area contributed by atoms with Gasteiger partial charge in [0.05, 0.1) is 11.6 Å². The van der Waals surface area contributed by atoms with Crippen molar-refractivity contribution in [1.82, 2.24) is 20.1 Å². The molecule has 7 heteroatoms. The highest BCUT2D eigenvalue weighted by atomic mass is 16.1. The summed E-state index contributed by atoms with van der Waals surface area (Å²) in [7, 11) is 2.18. The van der Waals surface area contributed by atoms with Crippen LogP contribution in [0, 0.1) is 5.92 Å². The second-order valence-electron chi connectivity index (χ2n) is 9.79. The number of piperidine rings is 1. The fourth-order valence-electron chi connectivity index (χ4n) is 6.46. The van der Waals surface area contributed by atoms with E-state index < -0.39 is 5.92 Å². The van der Waals surface area contributed by atoms with E-state index in [2.05, 4.69) is 56.4 Å². The number of anilines is 1. The maximum atomic E-state index is 12.7. The number of nitrogens with zero attached hydrogens (tertiary/aromatic N) is 4. The van der Waals surface area contributed by atoms with Crippen LogP contribution in [0.4, 0.5) is 5.82 Å². The van der Waals surface area contributed by atoms with E-state index >= 15 is 0 Å². The molecule has 3 aromatic rings. The molecule has 4 heterocycles. The zero-order valence-electron chi connectivity index (χ0n) is 18.5. The highest BCUT2D eigenvalue weighted by Crippen LogP contribution is 2.46. The average Bonchev–Trinajstić information content (AvgIpc) is 3.47. The summed E-state index contributed by atoms with van der Waals surface area (Å²) in [6.45, 7) is 2.88. The van der Waals surface area contributed by atoms with Gasteiger partial charge in [-0.2, -0.15) is 5.10 Å². The number of hydrogen-bond acceptors (Lipinski definition) is 5. The number of likely N-dealkylation sites (N-methyl/N-ethyl adjacent to an activating group) is 1. The van der Waals surface area contributed by atoms with Crippen LogP contribution in [-0.4, -0.2) is 58.7 Å². The molecule has 6 rings (SSSR count). The molecule has 0 radical (unpaired) electrons. The van der Waals surface area contributed by atoms with E-state index in [1.54, 1.807) is 0 Å². The Kier molecular flexibility index (Phi) is 4.68. The predicted octanol–water partition coefficient (Wildman–Crippen LogP) is 2.79. The highest BCUT2D eigenvalue weighted by molar-refractivity contribution is 5.88. The maximum absolute atomic E-state index is 12.7. The van der Waals surface area contributed by atoms with Gasteiger partial charge in [-0.1, -0.05) is 12.1 Å². The molecular weight excluding hydrogens is 400 g/mol. The van der Waals surface area contributed by atoms with Gasteiger partial charge in [-0.05, 0) is 68.0 Å². The van der Waals surface area contributed by atoms with Crippen LogP contribution < -0.4 is 10.6 Å². The van der Waals surface area contributed by atoms with Crippen LogP contribution >= 0.6 is 0 Å². The average molecular weight is 431 g/mol. The van der Waals surface area contributed by atoms with E-state index in [0.717, 1.165) is 38.3 Å². The summed E-state index contributed by atoms with van der Waals surface area (Å²) in [5, 5.41) is 10.3. The Balaban J connectivity index is 1.32. The third-order valence-electron chi connectivity index (χ3n) is 7.96. The number of amides is 1. The Labute approximate surface area is 188 Å². The number of fused-ring (bicyclic) bond motifs is 2. The van der Waals surface area contributed by atoms with Crippen LogP contribution in [0.5, 0.6) is 0 Å². The van der Waals surface area contributed by atoms with Crippen molar-refractivity contribution >= 4 is 22.6 Å². The fourth-order valence-corrected chi connectivity index (χ4v) is 6.46. The second kappa shape index (κ2) is 7.59. The van der Waals surface area contributed by atoms with Crippen molar-refractivity contribution in [2.24, 2.45) is 11.7 Å². The number of nitrogens with two attached hydrogens (primary N) is 1. The molecule has 2 unspecified atom stereocenters. The van der Waals surface area contributed by atoms with Crippen molar-refractivity contribution in [2.75, 3.05) is 31.6 Å². The minimum absolute atomic E-state index is 0.112. The van der Waals surface area contributed by atoms with Gasteiger partial charge in [0.25, 0.3) is 0 Å². The Morgan fingerprint density at radius 3 is 2.78 bits per heavy atom. The standard InChI is InChI=1S/C25H30N6O/c1-30-14-16(11-18-17-5-4-6-19-23(17)15(13-27-19)12-21(18)30)24(25(26)32)20-7-8-22(29-28-20)31-9-2-3-10-31/h4-8,13,16,18,21,24,27H,2-3,9-12,14H2,1H3,(H2,26,32)/t16?,18-,21-,24?/m1/s1. The summed E-state index contributed by atoms with van der Waals surface area (Å²) in [4.78, 5) is 20.8. The number of likely N-dealkylation sites (tertiary alicyclic amines) is 1. The molecular formula is C25H30N6O. The summed E-state index contributed by atoms with van der Waals surface area (Å²) in [6.07, 6.45) is 6.52. The predicted molar refractivity (Wildman–Crippen MR) is 125 cm³/mol. The van der Waals surface area contributed by atoms with Crippen molar-refractivity contribution in [3.05, 3.63) is 53.3 Å². The van der Waals surface area contributed by atoms with Crippen molar-refractivity contribution in [3.63, 3.8) is 0 Å². The Morgan fingerprint density at radius 2 is 2.03 bits per heavy atom. The summed E-state index contributed by atoms with van der Waals surface area (Å²) in [6, 6.07) is 11.0. The van der Waals surface area contributed by atoms with Gasteiger partial charge in [0.2, 0.25) is 5.91 Å². The number of rotatable bonds is 4. The van der Waals surface area contributed by atoms with Crippen molar-refractivity contribution in [3.8, 4) is 0 Å². The number of aromatic nitrogens is 3. The second-order valence-corrected chi connectivity index (χ2v) is 9.79. The maximum Gasteiger partial charge on any atom is 0.226 e. The molecule has 0 bridgehead atoms. The van der Waals surface area contributed by atoms with Gasteiger partial charge in [-0.15, -0.1) is 5.10 Å². The third-order valence-corrected chi connectivity index (χ3v) is 7.96. The first-order chi connectivity index (χ1) is 15.6. The lowest BCUT2D eigenvalue weighted by molar-refractivity contribution is -0.121. The molecule has 2 fully saturated rings. The molecule has 1 aromatic carbocycles. The molecule has 3 N–H and O–H groups in total. The molecule has 7 nitrogen and oxygen atoms in total. The van der Waals surface area contributed by atoms with Gasteiger partial charge in [0.15, 0.2) is 5.82 Å². The lowest BCUT2D eigenvalue weighted by Crippen LogP contribution is -2.50. The van der Waals surface area contributed by atoms with Crippen LogP contribution in [-0.2, 0) is 11.2 Å². The minimum atomic E-state index is -0.426. The minimum Gasteiger partial charge on any atom is -0.369 e. The number of aromatic amines is 1. The number of carbonyl (C=O) groups excluding carboxylic acids is 1. The van der Waals surface area contributed by atoms with E-state index in [9.17, 15) is 4.79 Å². The molecule has 0 spiro atoms. The normalized spacial score (nSPS) is 26.3. The number of benzene rings is 1. The Bertz CT molecular complexity index is 1150. The first kappa shape index (κ1) is 19.7. The van der Waals surface area contributed by atoms with Crippen molar-refractivity contribution in [1.29, 1.82) is 0 Å². The number of H-pyrrole nitrogens is 1. The molecule has 3 aliphatic rings. The van der Waals surface area contributed by atoms with Gasteiger partial charge in [0.1, 0.15) is 0 Å². The molecule has 166 valence electrons. The Hall–Kier alpha value is -2.93. The smallest absolute Gasteiger partial charge is 0.226 e. The number of carbonyl (C=O) groups is 1. The zero-order valence-corrected chi connectivity index (χ0v) is 18.5. The van der Waals surface area contributed by atoms with E-state index in [-0.39, 0.29) is 11.8 Å². The molecule has 1 amide bonds. The third kappa shape index (κ3) is 3.10. The first-order valence-corrected chi connectivity index (χ1v) is 11.8. The summed E-state index contributed by atoms with van der Waals surface area (Å²) in [5.41, 5.74) is 10.7. The topological polar surface area (TPSA) is 91.1 Å². The Morgan fingerprint density at radius 1 is 1.19 bits per heavy atom. The fraction of sp³-hybridized carbons (Fsp3) is 0.480. The van der Waals surface area contributed by atoms with Crippen LogP contribution in [0.1, 0.15) is 47.9 Å². The van der Waals surface area contributed by atoms with Gasteiger partial charge in [-0.3, -0.25) is 4.79 Å². The van der Waals surface area contributed by atoms with Gasteiger partial charge < -0.3 is 20.5 Å². The SMILES string of the molecule is CN1CC(C(C(N)=O)c2ccc(N3CCCC3)nn2)C[C@@H]2c3cccc4[nH]cc(c34)C[C@H]21. The summed E-state index contributed by atoms with van der Waals surface area (Å²) < 4.78 is 0. The van der Waals surface area contributed by atoms with Crippen LogP contribution in [0.3, 0.4) is 0 Å². The van der Waals surface area contributed by atoms with Gasteiger partial charge in [-0.25, -0.2) is 0 Å². The number of hydrogen-bond donors (Lipinski definition) is 2. The van der Waals surface area contributed by atoms with Crippen molar-refractivity contribution in [2.45, 2.75) is 43.6 Å². The quantitative estimate of drug-likeness (QED) is 0.664. The number of primary amides is 1. The lowest BCUT2D eigenvalue weighted by Gasteiger charge is -2.46. The van der Waals surface area contributed by atoms with Crippen molar-refractivity contribution < 1.29 is 4.79 Å². The van der Waals surface area contributed by atoms with E-state index in [1.165, 1.54) is 34.9 Å². The molecule has 4 atom stereocenters. The summed E-state index contributed by atoms with van der Waals surface area (Å²) in [5.74, 6) is 0.659. The summed E-state index contributed by atoms with van der Waals surface area (Å²) >= 11 is 0. The van der Waals surface area contributed by atoms with E-state index in [1.807, 2.05) is 12.1 Å². The first-order valence-electron chi connectivity index (χ1n) is 11.8. The van der Waals surface area contributed by atoms with Crippen LogP contribution in [0.15, 0.2) is 36.5 Å². The van der Waals surface area contributed by atoms with Crippen LogP contribution in [0.25, 0.3) is 10.9 Å². The lowest BCUT2D eigenvalue weighted by atomic mass is 9.69. The largest absolute Gasteiger partial charge is 0.369 e. The molecule has 2 aromatic heterocycles. The van der Waals surface area contributed by atoms with Crippen LogP contribution in [0.2, 0.25) is 0 Å². The molecule has 1 aliphatic carbocycles.